The van der Waals surface area contributed by atoms with E-state index in [0.29, 0.717) is 13.0 Å². The monoisotopic (exact) mass is 278 g/mol. The molecule has 2 aliphatic rings. The maximum Gasteiger partial charge on any atom is 0.327 e. The normalized spacial score (nSPS) is 23.4. The fraction of sp³-hybridized carbons (Fsp3) is 0.429. The number of halogens is 1. The quantitative estimate of drug-likeness (QED) is 0.847. The summed E-state index contributed by atoms with van der Waals surface area (Å²) in [5, 5.41) is 10.1. The van der Waals surface area contributed by atoms with Crippen molar-refractivity contribution in [3.8, 4) is 0 Å². The molecular formula is C14H15FN2O3. The Morgan fingerprint density at radius 2 is 2.10 bits per heavy atom. The van der Waals surface area contributed by atoms with Crippen molar-refractivity contribution in [1.29, 1.82) is 0 Å². The van der Waals surface area contributed by atoms with Crippen molar-refractivity contribution in [2.24, 2.45) is 0 Å². The zero-order chi connectivity index (χ0) is 14.3. The number of rotatable bonds is 3. The predicted molar refractivity (Wildman–Crippen MR) is 68.2 cm³/mol. The van der Waals surface area contributed by atoms with Crippen LogP contribution in [0.25, 0.3) is 0 Å². The fourth-order valence-electron chi connectivity index (χ4n) is 2.87. The van der Waals surface area contributed by atoms with Crippen LogP contribution in [0.15, 0.2) is 24.3 Å². The molecule has 106 valence electrons. The highest BCUT2D eigenvalue weighted by Crippen LogP contribution is 2.29. The summed E-state index contributed by atoms with van der Waals surface area (Å²) < 4.78 is 13.6. The van der Waals surface area contributed by atoms with Gasteiger partial charge in [0.15, 0.2) is 0 Å². The molecule has 0 aliphatic carbocycles. The van der Waals surface area contributed by atoms with Gasteiger partial charge in [0, 0.05) is 12.1 Å². The molecule has 0 unspecified atom stereocenters. The summed E-state index contributed by atoms with van der Waals surface area (Å²) >= 11 is 0. The van der Waals surface area contributed by atoms with Crippen LogP contribution in [0, 0.1) is 5.82 Å². The van der Waals surface area contributed by atoms with Crippen LogP contribution >= 0.6 is 0 Å². The van der Waals surface area contributed by atoms with E-state index in [1.54, 1.807) is 6.07 Å². The van der Waals surface area contributed by atoms with Gasteiger partial charge in [-0.1, -0.05) is 18.2 Å². The Kier molecular flexibility index (Phi) is 3.17. The van der Waals surface area contributed by atoms with Gasteiger partial charge in [-0.15, -0.1) is 0 Å². The summed E-state index contributed by atoms with van der Waals surface area (Å²) in [6.45, 7) is 0.368. The third-order valence-corrected chi connectivity index (χ3v) is 3.90. The Hall–Kier alpha value is -1.95. The van der Waals surface area contributed by atoms with E-state index >= 15 is 0 Å². The highest BCUT2D eigenvalue weighted by molar-refractivity contribution is 6.04. The largest absolute Gasteiger partial charge is 0.386 e. The van der Waals surface area contributed by atoms with Gasteiger partial charge in [0.25, 0.3) is 5.91 Å². The number of aliphatic hydroxyl groups excluding tert-OH is 1. The number of imide groups is 1. The van der Waals surface area contributed by atoms with Crippen molar-refractivity contribution < 1.29 is 19.1 Å². The minimum Gasteiger partial charge on any atom is -0.386 e. The first-order chi connectivity index (χ1) is 9.59. The van der Waals surface area contributed by atoms with E-state index in [-0.39, 0.29) is 24.0 Å². The lowest BCUT2D eigenvalue weighted by molar-refractivity contribution is -0.129. The number of fused-ring (bicyclic) bond motifs is 1. The van der Waals surface area contributed by atoms with Crippen molar-refractivity contribution in [1.82, 2.24) is 9.80 Å². The number of hydrogen-bond acceptors (Lipinski definition) is 3. The molecule has 1 N–H and O–H groups in total. The highest BCUT2D eigenvalue weighted by Gasteiger charge is 2.47. The van der Waals surface area contributed by atoms with Crippen LogP contribution < -0.4 is 0 Å². The minimum atomic E-state index is -1.20. The summed E-state index contributed by atoms with van der Waals surface area (Å²) in [5.74, 6) is -0.831. The molecule has 6 heteroatoms. The number of carbonyl (C=O) groups excluding carboxylic acids is 2. The number of carbonyl (C=O) groups is 2. The molecule has 20 heavy (non-hydrogen) atoms. The van der Waals surface area contributed by atoms with Gasteiger partial charge in [-0.25, -0.2) is 9.18 Å². The number of hydrogen-bond donors (Lipinski definition) is 1. The molecule has 0 bridgehead atoms. The van der Waals surface area contributed by atoms with Crippen LogP contribution in [0.4, 0.5) is 9.18 Å². The Bertz CT molecular complexity index is 541. The van der Waals surface area contributed by atoms with Gasteiger partial charge >= 0.3 is 6.03 Å². The van der Waals surface area contributed by atoms with E-state index in [2.05, 4.69) is 0 Å². The molecule has 2 fully saturated rings. The lowest BCUT2D eigenvalue weighted by Gasteiger charge is -2.19. The molecule has 0 radical (unpaired) electrons. The molecule has 3 amide bonds. The van der Waals surface area contributed by atoms with Crippen molar-refractivity contribution in [2.45, 2.75) is 25.0 Å². The first-order valence-corrected chi connectivity index (χ1v) is 6.64. The predicted octanol–water partition coefficient (Wildman–Crippen LogP) is 1.29. The summed E-state index contributed by atoms with van der Waals surface area (Å²) in [4.78, 5) is 26.7. The van der Waals surface area contributed by atoms with Crippen molar-refractivity contribution in [3.63, 3.8) is 0 Å². The third-order valence-electron chi connectivity index (χ3n) is 3.90. The second-order valence-corrected chi connectivity index (χ2v) is 5.12. The van der Waals surface area contributed by atoms with Gasteiger partial charge in [0.05, 0.1) is 12.6 Å². The van der Waals surface area contributed by atoms with Gasteiger partial charge < -0.3 is 10.0 Å². The van der Waals surface area contributed by atoms with E-state index in [0.717, 1.165) is 11.3 Å². The first-order valence-electron chi connectivity index (χ1n) is 6.64. The summed E-state index contributed by atoms with van der Waals surface area (Å²) in [6, 6.07) is 5.04. The first kappa shape index (κ1) is 13.1. The second kappa shape index (κ2) is 4.86. The lowest BCUT2D eigenvalue weighted by Crippen LogP contribution is -2.36. The number of nitrogens with zero attached hydrogens (tertiary/aromatic N) is 2. The highest BCUT2D eigenvalue weighted by atomic mass is 19.1. The standard InChI is InChI=1S/C14H15FN2O3/c15-10-5-2-1-4-9(10)12(18)8-17-13(19)11-6-3-7-16(11)14(17)20/h1-2,4-5,11-12,18H,3,6-8H2/t11-,12-/m0/s1. The summed E-state index contributed by atoms with van der Waals surface area (Å²) in [5.41, 5.74) is 0.0974. The molecule has 2 heterocycles. The van der Waals surface area contributed by atoms with Gasteiger partial charge in [-0.2, -0.15) is 0 Å². The van der Waals surface area contributed by atoms with Crippen LogP contribution in [0.5, 0.6) is 0 Å². The maximum absolute atomic E-state index is 13.6. The van der Waals surface area contributed by atoms with E-state index < -0.39 is 18.0 Å². The molecule has 0 spiro atoms. The van der Waals surface area contributed by atoms with Gasteiger partial charge in [-0.05, 0) is 18.9 Å². The molecular weight excluding hydrogens is 263 g/mol. The van der Waals surface area contributed by atoms with E-state index in [1.165, 1.54) is 23.1 Å². The Labute approximate surface area is 115 Å². The number of benzene rings is 1. The van der Waals surface area contributed by atoms with Gasteiger partial charge in [-0.3, -0.25) is 9.69 Å². The van der Waals surface area contributed by atoms with Crippen LogP contribution in [-0.4, -0.2) is 46.0 Å². The van der Waals surface area contributed by atoms with Crippen LogP contribution in [0.2, 0.25) is 0 Å². The zero-order valence-electron chi connectivity index (χ0n) is 10.8. The molecule has 5 nitrogen and oxygen atoms in total. The Balaban J connectivity index is 1.77. The van der Waals surface area contributed by atoms with E-state index in [9.17, 15) is 19.1 Å². The van der Waals surface area contributed by atoms with Crippen molar-refractivity contribution in [3.05, 3.63) is 35.6 Å². The molecule has 2 atom stereocenters. The number of aliphatic hydroxyl groups is 1. The summed E-state index contributed by atoms with van der Waals surface area (Å²) in [6.07, 6.45) is 0.284. The molecule has 2 saturated heterocycles. The molecule has 1 aromatic carbocycles. The second-order valence-electron chi connectivity index (χ2n) is 5.12. The average molecular weight is 278 g/mol. The van der Waals surface area contributed by atoms with Gasteiger partial charge in [0.2, 0.25) is 0 Å². The third kappa shape index (κ3) is 1.96. The molecule has 3 rings (SSSR count). The van der Waals surface area contributed by atoms with E-state index in [1.807, 2.05) is 0 Å². The topological polar surface area (TPSA) is 60.9 Å². The number of amides is 3. The van der Waals surface area contributed by atoms with Crippen molar-refractivity contribution in [2.75, 3.05) is 13.1 Å². The smallest absolute Gasteiger partial charge is 0.327 e. The van der Waals surface area contributed by atoms with Crippen LogP contribution in [0.3, 0.4) is 0 Å². The zero-order valence-corrected chi connectivity index (χ0v) is 10.8. The molecule has 0 aromatic heterocycles. The number of urea groups is 1. The molecule has 1 aromatic rings. The minimum absolute atomic E-state index is 0.0974. The Morgan fingerprint density at radius 1 is 1.35 bits per heavy atom. The lowest BCUT2D eigenvalue weighted by atomic mass is 10.1. The SMILES string of the molecule is O=C1[C@@H]2CCCN2C(=O)N1C[C@H](O)c1ccccc1F. The maximum atomic E-state index is 13.6. The fourth-order valence-corrected chi connectivity index (χ4v) is 2.87. The molecule has 0 saturated carbocycles. The number of β-amino-alcohol motifs (C(OH)–C–C–N with tert-alkyl or cyclic N) is 1. The average Bonchev–Trinajstić information content (AvgIpc) is 2.99. The summed E-state index contributed by atoms with van der Waals surface area (Å²) in [7, 11) is 0. The van der Waals surface area contributed by atoms with Gasteiger partial charge in [0.1, 0.15) is 11.9 Å². The van der Waals surface area contributed by atoms with Crippen LogP contribution in [0.1, 0.15) is 24.5 Å². The van der Waals surface area contributed by atoms with Crippen molar-refractivity contribution >= 4 is 11.9 Å². The Morgan fingerprint density at radius 3 is 2.80 bits per heavy atom. The van der Waals surface area contributed by atoms with Crippen LogP contribution in [-0.2, 0) is 4.79 Å². The molecule has 2 aliphatic heterocycles. The van der Waals surface area contributed by atoms with E-state index in [4.69, 9.17) is 0 Å².